The first-order valence-corrected chi connectivity index (χ1v) is 7.11. The molecule has 0 N–H and O–H groups in total. The summed E-state index contributed by atoms with van der Waals surface area (Å²) in [5.74, 6) is -0.823. The van der Waals surface area contributed by atoms with Gasteiger partial charge < -0.3 is 0 Å². The van der Waals surface area contributed by atoms with Gasteiger partial charge in [0, 0.05) is 12.1 Å². The lowest BCUT2D eigenvalue weighted by atomic mass is 9.94. The summed E-state index contributed by atoms with van der Waals surface area (Å²) in [4.78, 5) is 2.32. The highest BCUT2D eigenvalue weighted by Gasteiger charge is 2.34. The smallest absolute Gasteiger partial charge is 0.297 e. The van der Waals surface area contributed by atoms with Gasteiger partial charge in [0.15, 0.2) is 0 Å². The molecule has 1 aromatic carbocycles. The zero-order valence-electron chi connectivity index (χ0n) is 11.8. The van der Waals surface area contributed by atoms with Crippen LogP contribution in [-0.4, -0.2) is 24.0 Å². The van der Waals surface area contributed by atoms with E-state index < -0.39 is 17.6 Å². The van der Waals surface area contributed by atoms with Gasteiger partial charge in [0.05, 0.1) is 5.56 Å². The number of halogens is 4. The number of hydrogen-bond donors (Lipinski definition) is 0. The lowest BCUT2D eigenvalue weighted by Crippen LogP contribution is -2.35. The fourth-order valence-electron chi connectivity index (χ4n) is 3.44. The molecule has 1 nitrogen and oxygen atoms in total. The quantitative estimate of drug-likeness (QED) is 0.585. The van der Waals surface area contributed by atoms with Crippen LogP contribution in [0.25, 0.3) is 0 Å². The second-order valence-corrected chi connectivity index (χ2v) is 6.02. The molecule has 0 aliphatic carbocycles. The molecule has 5 heteroatoms. The molecule has 2 aliphatic heterocycles. The first-order chi connectivity index (χ1) is 9.83. The number of nitrogens with zero attached hydrogens (tertiary/aromatic N) is 1. The average molecular weight is 299 g/mol. The Morgan fingerprint density at radius 1 is 1.19 bits per heavy atom. The summed E-state index contributed by atoms with van der Waals surface area (Å²) < 4.78 is 51.6. The van der Waals surface area contributed by atoms with Crippen molar-refractivity contribution in [3.8, 4) is 0 Å². The van der Waals surface area contributed by atoms with Crippen LogP contribution in [-0.2, 0) is 12.6 Å². The Hall–Kier alpha value is -1.36. The van der Waals surface area contributed by atoms with E-state index in [0.29, 0.717) is 30.1 Å². The summed E-state index contributed by atoms with van der Waals surface area (Å²) in [7, 11) is 2.08. The van der Waals surface area contributed by atoms with E-state index >= 15 is 0 Å². The van der Waals surface area contributed by atoms with Crippen LogP contribution < -0.4 is 0 Å². The van der Waals surface area contributed by atoms with E-state index in [1.165, 1.54) is 6.07 Å². The van der Waals surface area contributed by atoms with Crippen LogP contribution in [0, 0.1) is 5.82 Å². The van der Waals surface area contributed by atoms with E-state index in [2.05, 4.69) is 18.0 Å². The van der Waals surface area contributed by atoms with Crippen molar-refractivity contribution in [3.05, 3.63) is 46.8 Å². The number of fused-ring (bicyclic) bond motifs is 2. The molecule has 2 heterocycles. The van der Waals surface area contributed by atoms with Gasteiger partial charge in [-0.25, -0.2) is 4.39 Å². The van der Waals surface area contributed by atoms with Crippen molar-refractivity contribution in [3.63, 3.8) is 0 Å². The molecule has 2 aliphatic rings. The van der Waals surface area contributed by atoms with Crippen molar-refractivity contribution >= 4 is 0 Å². The molecule has 2 bridgehead atoms. The normalized spacial score (nSPS) is 26.0. The van der Waals surface area contributed by atoms with Gasteiger partial charge in [-0.3, -0.25) is 4.90 Å². The van der Waals surface area contributed by atoms with Gasteiger partial charge in [-0.1, -0.05) is 11.6 Å². The minimum Gasteiger partial charge on any atom is -0.297 e. The molecule has 0 saturated carbocycles. The Morgan fingerprint density at radius 2 is 1.95 bits per heavy atom. The predicted octanol–water partition coefficient (Wildman–Crippen LogP) is 4.18. The van der Waals surface area contributed by atoms with Gasteiger partial charge >= 0.3 is 6.18 Å². The summed E-state index contributed by atoms with van der Waals surface area (Å²) in [5.41, 5.74) is 0.617. The minimum absolute atomic E-state index is 0.384. The Bertz CT molecular complexity index is 576. The zero-order valence-corrected chi connectivity index (χ0v) is 11.8. The molecule has 1 fully saturated rings. The molecule has 2 atom stereocenters. The van der Waals surface area contributed by atoms with Crippen LogP contribution in [0.3, 0.4) is 0 Å². The monoisotopic (exact) mass is 299 g/mol. The van der Waals surface area contributed by atoms with Crippen molar-refractivity contribution < 1.29 is 17.6 Å². The SMILES string of the molecule is CN1C2C=C(Cc3cc(F)cc(C(F)(F)F)c3)CC1CC2. The van der Waals surface area contributed by atoms with Gasteiger partial charge in [0.2, 0.25) is 0 Å². The average Bonchev–Trinajstić information content (AvgIpc) is 2.60. The maximum Gasteiger partial charge on any atom is 0.416 e. The molecule has 0 radical (unpaired) electrons. The van der Waals surface area contributed by atoms with Gasteiger partial charge in [-0.05, 0) is 56.5 Å². The third kappa shape index (κ3) is 2.98. The van der Waals surface area contributed by atoms with E-state index in [1.54, 1.807) is 0 Å². The molecule has 0 spiro atoms. The van der Waals surface area contributed by atoms with Crippen LogP contribution in [0.15, 0.2) is 29.8 Å². The predicted molar refractivity (Wildman–Crippen MR) is 72.4 cm³/mol. The highest BCUT2D eigenvalue weighted by Crippen LogP contribution is 2.35. The summed E-state index contributed by atoms with van der Waals surface area (Å²) in [6.45, 7) is 0. The topological polar surface area (TPSA) is 3.24 Å². The van der Waals surface area contributed by atoms with Crippen LogP contribution >= 0.6 is 0 Å². The van der Waals surface area contributed by atoms with Gasteiger partial charge in [0.25, 0.3) is 0 Å². The Morgan fingerprint density at radius 3 is 2.62 bits per heavy atom. The Balaban J connectivity index is 1.83. The molecule has 1 saturated heterocycles. The van der Waals surface area contributed by atoms with E-state index in [0.717, 1.165) is 30.9 Å². The van der Waals surface area contributed by atoms with Crippen molar-refractivity contribution in [1.82, 2.24) is 4.90 Å². The summed E-state index contributed by atoms with van der Waals surface area (Å²) in [5, 5.41) is 0. The maximum atomic E-state index is 13.4. The van der Waals surface area contributed by atoms with Crippen LogP contribution in [0.5, 0.6) is 0 Å². The van der Waals surface area contributed by atoms with Crippen molar-refractivity contribution in [2.45, 2.75) is 43.9 Å². The zero-order chi connectivity index (χ0) is 15.2. The molecular formula is C16H17F4N. The molecule has 21 heavy (non-hydrogen) atoms. The first-order valence-electron chi connectivity index (χ1n) is 7.11. The van der Waals surface area contributed by atoms with E-state index in [4.69, 9.17) is 0 Å². The molecule has 0 aromatic heterocycles. The van der Waals surface area contributed by atoms with Crippen molar-refractivity contribution in [1.29, 1.82) is 0 Å². The molecular weight excluding hydrogens is 282 g/mol. The number of likely N-dealkylation sites (N-methyl/N-ethyl adjacent to an activating group) is 1. The van der Waals surface area contributed by atoms with Crippen molar-refractivity contribution in [2.75, 3.05) is 7.05 Å². The van der Waals surface area contributed by atoms with E-state index in [9.17, 15) is 17.6 Å². The third-order valence-corrected chi connectivity index (χ3v) is 4.54. The molecule has 1 aromatic rings. The fraction of sp³-hybridized carbons (Fsp3) is 0.500. The van der Waals surface area contributed by atoms with E-state index in [-0.39, 0.29) is 0 Å². The highest BCUT2D eigenvalue weighted by atomic mass is 19.4. The lowest BCUT2D eigenvalue weighted by molar-refractivity contribution is -0.137. The van der Waals surface area contributed by atoms with Crippen LogP contribution in [0.1, 0.15) is 30.4 Å². The lowest BCUT2D eigenvalue weighted by Gasteiger charge is -2.30. The fourth-order valence-corrected chi connectivity index (χ4v) is 3.44. The molecule has 3 rings (SSSR count). The third-order valence-electron chi connectivity index (χ3n) is 4.54. The second-order valence-electron chi connectivity index (χ2n) is 6.02. The van der Waals surface area contributed by atoms with Gasteiger partial charge in [-0.2, -0.15) is 13.2 Å². The minimum atomic E-state index is -4.50. The molecule has 2 unspecified atom stereocenters. The van der Waals surface area contributed by atoms with E-state index in [1.807, 2.05) is 0 Å². The largest absolute Gasteiger partial charge is 0.416 e. The Labute approximate surface area is 121 Å². The van der Waals surface area contributed by atoms with Gasteiger partial charge in [-0.15, -0.1) is 0 Å². The highest BCUT2D eigenvalue weighted by molar-refractivity contribution is 5.31. The number of benzene rings is 1. The Kier molecular flexibility index (Phi) is 3.56. The summed E-state index contributed by atoms with van der Waals surface area (Å²) >= 11 is 0. The van der Waals surface area contributed by atoms with Crippen molar-refractivity contribution in [2.24, 2.45) is 0 Å². The van der Waals surface area contributed by atoms with Crippen LogP contribution in [0.2, 0.25) is 0 Å². The number of hydrogen-bond acceptors (Lipinski definition) is 1. The standard InChI is InChI=1S/C16H17F4N/c1-21-14-2-3-15(21)8-11(7-14)4-10-5-12(16(18,19)20)9-13(17)6-10/h5-7,9,14-15H,2-4,8H2,1H3. The summed E-state index contributed by atoms with van der Waals surface area (Å²) in [6.07, 6.45) is 1.13. The number of rotatable bonds is 2. The second kappa shape index (κ2) is 5.13. The molecule has 0 amide bonds. The molecule has 114 valence electrons. The maximum absolute atomic E-state index is 13.4. The summed E-state index contributed by atoms with van der Waals surface area (Å²) in [6, 6.07) is 3.68. The number of alkyl halides is 3. The first kappa shape index (κ1) is 14.6. The van der Waals surface area contributed by atoms with Crippen LogP contribution in [0.4, 0.5) is 17.6 Å². The van der Waals surface area contributed by atoms with Gasteiger partial charge in [0.1, 0.15) is 5.82 Å².